The molecule has 7 heteroatoms. The topological polar surface area (TPSA) is 76.6 Å². The Kier molecular flexibility index (Phi) is 5.29. The van der Waals surface area contributed by atoms with Gasteiger partial charge >= 0.3 is 0 Å². The van der Waals surface area contributed by atoms with Crippen molar-refractivity contribution in [3.05, 3.63) is 71.5 Å². The van der Waals surface area contributed by atoms with E-state index in [0.29, 0.717) is 48.6 Å². The summed E-state index contributed by atoms with van der Waals surface area (Å²) in [5.74, 6) is 1.50. The first-order chi connectivity index (χ1) is 14.1. The van der Waals surface area contributed by atoms with E-state index >= 15 is 0 Å². The minimum absolute atomic E-state index is 0.304. The van der Waals surface area contributed by atoms with Gasteiger partial charge in [0.2, 0.25) is 5.95 Å². The van der Waals surface area contributed by atoms with Crippen LogP contribution in [0.5, 0.6) is 11.5 Å². The van der Waals surface area contributed by atoms with Crippen LogP contribution in [0, 0.1) is 6.92 Å². The molecule has 0 saturated heterocycles. The monoisotopic (exact) mass is 390 g/mol. The van der Waals surface area contributed by atoms with Crippen molar-refractivity contribution in [2.75, 3.05) is 30.5 Å². The van der Waals surface area contributed by atoms with Gasteiger partial charge in [0.05, 0.1) is 0 Å². The molecule has 0 atom stereocenters. The van der Waals surface area contributed by atoms with Gasteiger partial charge in [-0.2, -0.15) is 0 Å². The molecule has 3 aromatic rings. The van der Waals surface area contributed by atoms with Gasteiger partial charge in [0, 0.05) is 31.0 Å². The molecule has 1 aromatic heterocycles. The number of nitrogens with zero attached hydrogens (tertiary/aromatic N) is 3. The smallest absolute Gasteiger partial charge is 0.274 e. The fourth-order valence-corrected chi connectivity index (χ4v) is 3.08. The summed E-state index contributed by atoms with van der Waals surface area (Å²) >= 11 is 0. The minimum Gasteiger partial charge on any atom is -0.486 e. The van der Waals surface area contributed by atoms with Crippen LogP contribution in [0.1, 0.15) is 21.7 Å². The Morgan fingerprint density at radius 2 is 1.79 bits per heavy atom. The Hall–Kier alpha value is -3.61. The minimum atomic E-state index is -0.304. The molecule has 0 unspecified atom stereocenters. The lowest BCUT2D eigenvalue weighted by atomic mass is 10.2. The van der Waals surface area contributed by atoms with Crippen molar-refractivity contribution < 1.29 is 14.3 Å². The zero-order chi connectivity index (χ0) is 20.2. The highest BCUT2D eigenvalue weighted by Gasteiger charge is 2.16. The van der Waals surface area contributed by atoms with Crippen molar-refractivity contribution in [2.24, 2.45) is 0 Å². The molecule has 2 aromatic carbocycles. The number of carbonyl (C=O) groups is 1. The number of nitrogens with one attached hydrogen (secondary N) is 1. The van der Waals surface area contributed by atoms with Crippen LogP contribution in [0.15, 0.2) is 54.6 Å². The van der Waals surface area contributed by atoms with Gasteiger partial charge in [0.1, 0.15) is 18.9 Å². The lowest BCUT2D eigenvalue weighted by Gasteiger charge is -2.19. The second-order valence-electron chi connectivity index (χ2n) is 6.85. The molecule has 1 amide bonds. The van der Waals surface area contributed by atoms with E-state index in [1.54, 1.807) is 24.3 Å². The van der Waals surface area contributed by atoms with Crippen LogP contribution < -0.4 is 19.7 Å². The van der Waals surface area contributed by atoms with E-state index < -0.39 is 0 Å². The summed E-state index contributed by atoms with van der Waals surface area (Å²) in [7, 11) is 1.91. The van der Waals surface area contributed by atoms with E-state index in [1.807, 2.05) is 49.2 Å². The SMILES string of the molecule is Cc1cc(C(=O)Nc2ccc3c(c2)OCCO3)nc(N(C)Cc2ccccc2)n1. The van der Waals surface area contributed by atoms with Gasteiger partial charge in [0.15, 0.2) is 11.5 Å². The second kappa shape index (κ2) is 8.18. The molecular formula is C22H22N4O3. The molecule has 0 radical (unpaired) electrons. The van der Waals surface area contributed by atoms with Crippen LogP contribution in [0.2, 0.25) is 0 Å². The summed E-state index contributed by atoms with van der Waals surface area (Å²) in [6.07, 6.45) is 0. The molecule has 0 aliphatic carbocycles. The van der Waals surface area contributed by atoms with Gasteiger partial charge in [-0.25, -0.2) is 9.97 Å². The number of aryl methyl sites for hydroxylation is 1. The van der Waals surface area contributed by atoms with E-state index in [1.165, 1.54) is 0 Å². The molecule has 0 bridgehead atoms. The van der Waals surface area contributed by atoms with Crippen LogP contribution >= 0.6 is 0 Å². The summed E-state index contributed by atoms with van der Waals surface area (Å²) in [6, 6.07) is 17.0. The first kappa shape index (κ1) is 18.7. The molecule has 0 fully saturated rings. The summed E-state index contributed by atoms with van der Waals surface area (Å²) in [6.45, 7) is 3.51. The average Bonchev–Trinajstić information content (AvgIpc) is 2.74. The average molecular weight is 390 g/mol. The van der Waals surface area contributed by atoms with Gasteiger partial charge in [0.25, 0.3) is 5.91 Å². The van der Waals surface area contributed by atoms with Gasteiger partial charge in [-0.15, -0.1) is 0 Å². The van der Waals surface area contributed by atoms with Crippen molar-refractivity contribution >= 4 is 17.5 Å². The predicted octanol–water partition coefficient (Wildman–Crippen LogP) is 3.44. The zero-order valence-electron chi connectivity index (χ0n) is 16.4. The Morgan fingerprint density at radius 3 is 2.59 bits per heavy atom. The third kappa shape index (κ3) is 4.45. The van der Waals surface area contributed by atoms with Crippen LogP contribution in [0.4, 0.5) is 11.6 Å². The molecule has 7 nitrogen and oxygen atoms in total. The molecule has 1 aliphatic heterocycles. The molecule has 2 heterocycles. The van der Waals surface area contributed by atoms with Crippen LogP contribution in [-0.2, 0) is 6.54 Å². The third-order valence-corrected chi connectivity index (χ3v) is 4.48. The summed E-state index contributed by atoms with van der Waals surface area (Å²) in [5.41, 5.74) is 2.79. The fourth-order valence-electron chi connectivity index (χ4n) is 3.08. The number of ether oxygens (including phenoxy) is 2. The number of amides is 1. The summed E-state index contributed by atoms with van der Waals surface area (Å²) in [5, 5.41) is 2.87. The normalized spacial score (nSPS) is 12.3. The molecule has 1 N–H and O–H groups in total. The standard InChI is InChI=1S/C22H22N4O3/c1-15-12-18(25-22(23-15)26(2)14-16-6-4-3-5-7-16)21(27)24-17-8-9-19-20(13-17)29-11-10-28-19/h3-9,12-13H,10-11,14H2,1-2H3,(H,24,27). The Bertz CT molecular complexity index is 1020. The molecule has 4 rings (SSSR count). The Morgan fingerprint density at radius 1 is 1.03 bits per heavy atom. The molecule has 0 spiro atoms. The maximum Gasteiger partial charge on any atom is 0.274 e. The third-order valence-electron chi connectivity index (χ3n) is 4.48. The lowest BCUT2D eigenvalue weighted by molar-refractivity contribution is 0.102. The van der Waals surface area contributed by atoms with Crippen molar-refractivity contribution in [3.63, 3.8) is 0 Å². The van der Waals surface area contributed by atoms with E-state index in [-0.39, 0.29) is 5.91 Å². The molecule has 1 aliphatic rings. The summed E-state index contributed by atoms with van der Waals surface area (Å²) in [4.78, 5) is 23.6. The molecule has 29 heavy (non-hydrogen) atoms. The number of aromatic nitrogens is 2. The largest absolute Gasteiger partial charge is 0.486 e. The van der Waals surface area contributed by atoms with E-state index in [2.05, 4.69) is 15.3 Å². The molecular weight excluding hydrogens is 368 g/mol. The highest BCUT2D eigenvalue weighted by Crippen LogP contribution is 2.32. The van der Waals surface area contributed by atoms with E-state index in [0.717, 1.165) is 11.3 Å². The first-order valence-electron chi connectivity index (χ1n) is 9.40. The number of fused-ring (bicyclic) bond motifs is 1. The summed E-state index contributed by atoms with van der Waals surface area (Å²) < 4.78 is 11.1. The van der Waals surface area contributed by atoms with Crippen molar-refractivity contribution in [1.29, 1.82) is 0 Å². The van der Waals surface area contributed by atoms with Crippen LogP contribution in [0.3, 0.4) is 0 Å². The number of benzene rings is 2. The quantitative estimate of drug-likeness (QED) is 0.719. The first-order valence-corrected chi connectivity index (χ1v) is 9.40. The van der Waals surface area contributed by atoms with Gasteiger partial charge in [-0.3, -0.25) is 4.79 Å². The maximum absolute atomic E-state index is 12.8. The second-order valence-corrected chi connectivity index (χ2v) is 6.85. The van der Waals surface area contributed by atoms with Crippen molar-refractivity contribution in [3.8, 4) is 11.5 Å². The number of hydrogen-bond donors (Lipinski definition) is 1. The van der Waals surface area contributed by atoms with Gasteiger partial charge in [-0.1, -0.05) is 30.3 Å². The highest BCUT2D eigenvalue weighted by molar-refractivity contribution is 6.03. The number of carbonyl (C=O) groups excluding carboxylic acids is 1. The van der Waals surface area contributed by atoms with Gasteiger partial charge in [-0.05, 0) is 30.7 Å². The molecule has 148 valence electrons. The number of anilines is 2. The van der Waals surface area contributed by atoms with E-state index in [4.69, 9.17) is 9.47 Å². The van der Waals surface area contributed by atoms with Gasteiger partial charge < -0.3 is 19.7 Å². The van der Waals surface area contributed by atoms with Crippen LogP contribution in [0.25, 0.3) is 0 Å². The van der Waals surface area contributed by atoms with Crippen molar-refractivity contribution in [1.82, 2.24) is 9.97 Å². The zero-order valence-corrected chi connectivity index (χ0v) is 16.4. The predicted molar refractivity (Wildman–Crippen MR) is 111 cm³/mol. The highest BCUT2D eigenvalue weighted by atomic mass is 16.6. The Labute approximate surface area is 169 Å². The van der Waals surface area contributed by atoms with E-state index in [9.17, 15) is 4.79 Å². The van der Waals surface area contributed by atoms with Crippen LogP contribution in [-0.4, -0.2) is 36.1 Å². The fraction of sp³-hybridized carbons (Fsp3) is 0.227. The lowest BCUT2D eigenvalue weighted by Crippen LogP contribution is -2.22. The Balaban J connectivity index is 1.51. The molecule has 0 saturated carbocycles. The number of hydrogen-bond acceptors (Lipinski definition) is 6. The van der Waals surface area contributed by atoms with Crippen molar-refractivity contribution in [2.45, 2.75) is 13.5 Å². The maximum atomic E-state index is 12.8. The number of rotatable bonds is 5.